The summed E-state index contributed by atoms with van der Waals surface area (Å²) in [5.74, 6) is -2.62. The Morgan fingerprint density at radius 1 is 1.09 bits per heavy atom. The van der Waals surface area contributed by atoms with Gasteiger partial charge in [-0.15, -0.1) is 0 Å². The van der Waals surface area contributed by atoms with Crippen LogP contribution in [0.5, 0.6) is 23.0 Å². The Labute approximate surface area is 196 Å². The summed E-state index contributed by atoms with van der Waals surface area (Å²) in [6.07, 6.45) is -0.235. The van der Waals surface area contributed by atoms with Gasteiger partial charge in [0.05, 0.1) is 18.6 Å². The highest BCUT2D eigenvalue weighted by atomic mass is 35.5. The van der Waals surface area contributed by atoms with Crippen molar-refractivity contribution in [3.8, 4) is 34.3 Å². The molecule has 0 radical (unpaired) electrons. The van der Waals surface area contributed by atoms with Crippen LogP contribution in [0.4, 0.5) is 4.39 Å². The summed E-state index contributed by atoms with van der Waals surface area (Å²) in [5.41, 5.74) is 0.0595. The number of halogens is 2. The van der Waals surface area contributed by atoms with Gasteiger partial charge in [0.25, 0.3) is 0 Å². The van der Waals surface area contributed by atoms with Gasteiger partial charge in [-0.2, -0.15) is 0 Å². The monoisotopic (exact) mass is 482 g/mol. The molecule has 4 aromatic rings. The molecule has 0 spiro atoms. The van der Waals surface area contributed by atoms with E-state index >= 15 is 0 Å². The van der Waals surface area contributed by atoms with Crippen molar-refractivity contribution in [3.05, 3.63) is 80.7 Å². The number of rotatable bonds is 3. The lowest BCUT2D eigenvalue weighted by atomic mass is 9.84. The number of esters is 1. The SMILES string of the molecule is COc1ccc(-c2cc(=O)c3c(O)cc4c(c3o2)[C@H](c2cccc(Cl)c2F)CC(=O)O4)cc1O. The molecule has 1 atom stereocenters. The smallest absolute Gasteiger partial charge is 0.312 e. The zero-order valence-corrected chi connectivity index (χ0v) is 18.4. The van der Waals surface area contributed by atoms with Crippen LogP contribution in [0.2, 0.25) is 5.02 Å². The number of carbonyl (C=O) groups excluding carboxylic acids is 1. The van der Waals surface area contributed by atoms with Crippen LogP contribution in [0.15, 0.2) is 57.7 Å². The van der Waals surface area contributed by atoms with Crippen molar-refractivity contribution in [1.29, 1.82) is 0 Å². The summed E-state index contributed by atoms with van der Waals surface area (Å²) in [6.45, 7) is 0. The van der Waals surface area contributed by atoms with Gasteiger partial charge in [-0.3, -0.25) is 9.59 Å². The molecule has 0 amide bonds. The van der Waals surface area contributed by atoms with Crippen molar-refractivity contribution < 1.29 is 33.3 Å². The van der Waals surface area contributed by atoms with Crippen LogP contribution in [-0.2, 0) is 4.79 Å². The normalized spacial score (nSPS) is 15.1. The first kappa shape index (κ1) is 21.8. The molecule has 1 aliphatic rings. The topological polar surface area (TPSA) is 106 Å². The predicted molar refractivity (Wildman–Crippen MR) is 121 cm³/mol. The van der Waals surface area contributed by atoms with Crippen LogP contribution in [0.1, 0.15) is 23.5 Å². The highest BCUT2D eigenvalue weighted by Crippen LogP contribution is 2.47. The van der Waals surface area contributed by atoms with E-state index in [4.69, 9.17) is 25.5 Å². The molecular formula is C25H16ClFO7. The van der Waals surface area contributed by atoms with E-state index in [9.17, 15) is 24.2 Å². The van der Waals surface area contributed by atoms with E-state index in [2.05, 4.69) is 0 Å². The van der Waals surface area contributed by atoms with Gasteiger partial charge >= 0.3 is 5.97 Å². The van der Waals surface area contributed by atoms with E-state index in [1.54, 1.807) is 12.1 Å². The van der Waals surface area contributed by atoms with E-state index in [-0.39, 0.29) is 56.5 Å². The van der Waals surface area contributed by atoms with Crippen LogP contribution in [0.25, 0.3) is 22.3 Å². The van der Waals surface area contributed by atoms with Crippen molar-refractivity contribution in [2.45, 2.75) is 12.3 Å². The molecule has 7 nitrogen and oxygen atoms in total. The molecule has 3 aromatic carbocycles. The van der Waals surface area contributed by atoms with E-state index in [0.717, 1.165) is 6.07 Å². The summed E-state index contributed by atoms with van der Waals surface area (Å²) in [5, 5.41) is 20.4. The largest absolute Gasteiger partial charge is 0.507 e. The van der Waals surface area contributed by atoms with Crippen molar-refractivity contribution in [3.63, 3.8) is 0 Å². The van der Waals surface area contributed by atoms with Gasteiger partial charge in [0, 0.05) is 29.2 Å². The number of phenols is 2. The van der Waals surface area contributed by atoms with E-state index in [1.165, 1.54) is 37.4 Å². The van der Waals surface area contributed by atoms with Crippen LogP contribution in [0.3, 0.4) is 0 Å². The molecular weight excluding hydrogens is 467 g/mol. The molecule has 2 heterocycles. The van der Waals surface area contributed by atoms with E-state index in [0.29, 0.717) is 5.56 Å². The molecule has 34 heavy (non-hydrogen) atoms. The second-order valence-corrected chi connectivity index (χ2v) is 8.15. The maximum atomic E-state index is 15.0. The molecule has 9 heteroatoms. The minimum atomic E-state index is -0.888. The maximum absolute atomic E-state index is 15.0. The quantitative estimate of drug-likeness (QED) is 0.308. The maximum Gasteiger partial charge on any atom is 0.312 e. The number of fused-ring (bicyclic) bond motifs is 3. The standard InChI is InChI=1S/C25H16ClFO7/c1-32-18-6-5-11(7-15(18)28)19-9-16(29)23-17(30)10-20-22(25(23)34-19)13(8-21(31)33-20)12-3-2-4-14(26)24(12)27/h2-7,9-10,13,28,30H,8H2,1H3/t13-/m0/s1. The van der Waals surface area contributed by atoms with E-state index < -0.39 is 28.9 Å². The van der Waals surface area contributed by atoms with Gasteiger partial charge in [0.2, 0.25) is 0 Å². The van der Waals surface area contributed by atoms with E-state index in [1.807, 2.05) is 0 Å². The fraction of sp³-hybridized carbons (Fsp3) is 0.120. The molecule has 0 unspecified atom stereocenters. The number of carbonyl (C=O) groups is 1. The number of aromatic hydroxyl groups is 2. The number of hydrogen-bond donors (Lipinski definition) is 2. The molecule has 172 valence electrons. The van der Waals surface area contributed by atoms with Crippen molar-refractivity contribution in [2.75, 3.05) is 7.11 Å². The lowest BCUT2D eigenvalue weighted by Crippen LogP contribution is -2.22. The molecule has 5 rings (SSSR count). The summed E-state index contributed by atoms with van der Waals surface area (Å²) in [4.78, 5) is 25.3. The lowest BCUT2D eigenvalue weighted by molar-refractivity contribution is -0.135. The Balaban J connectivity index is 1.82. The average molecular weight is 483 g/mol. The first-order valence-corrected chi connectivity index (χ1v) is 10.5. The van der Waals surface area contributed by atoms with Crippen LogP contribution in [0, 0.1) is 5.82 Å². The fourth-order valence-electron chi connectivity index (χ4n) is 4.20. The molecule has 0 saturated carbocycles. The summed E-state index contributed by atoms with van der Waals surface area (Å²) in [6, 6.07) is 11.1. The number of phenolic OH excluding ortho intramolecular Hbond substituents is 2. The molecule has 0 saturated heterocycles. The summed E-state index contributed by atoms with van der Waals surface area (Å²) >= 11 is 5.97. The van der Waals surface area contributed by atoms with Crippen LogP contribution in [-0.4, -0.2) is 23.3 Å². The van der Waals surface area contributed by atoms with Gasteiger partial charge in [0.1, 0.15) is 34.0 Å². The first-order valence-electron chi connectivity index (χ1n) is 10.1. The zero-order chi connectivity index (χ0) is 24.1. The third-order valence-electron chi connectivity index (χ3n) is 5.75. The third kappa shape index (κ3) is 3.43. The number of benzene rings is 3. The molecule has 1 aliphatic heterocycles. The van der Waals surface area contributed by atoms with Crippen molar-refractivity contribution in [1.82, 2.24) is 0 Å². The van der Waals surface area contributed by atoms with Gasteiger partial charge in [-0.25, -0.2) is 4.39 Å². The Morgan fingerprint density at radius 3 is 2.62 bits per heavy atom. The number of methoxy groups -OCH3 is 1. The molecule has 0 bridgehead atoms. The highest BCUT2D eigenvalue weighted by molar-refractivity contribution is 6.30. The molecule has 2 N–H and O–H groups in total. The van der Waals surface area contributed by atoms with Gasteiger partial charge in [0.15, 0.2) is 16.9 Å². The van der Waals surface area contributed by atoms with Crippen molar-refractivity contribution in [2.24, 2.45) is 0 Å². The lowest BCUT2D eigenvalue weighted by Gasteiger charge is -2.26. The fourth-order valence-corrected chi connectivity index (χ4v) is 4.38. The Bertz CT molecular complexity index is 1540. The molecule has 0 fully saturated rings. The Kier molecular flexibility index (Phi) is 5.17. The second-order valence-electron chi connectivity index (χ2n) is 7.75. The number of hydrogen-bond acceptors (Lipinski definition) is 7. The summed E-state index contributed by atoms with van der Waals surface area (Å²) in [7, 11) is 1.40. The average Bonchev–Trinajstić information content (AvgIpc) is 2.79. The van der Waals surface area contributed by atoms with Crippen molar-refractivity contribution >= 4 is 28.5 Å². The highest BCUT2D eigenvalue weighted by Gasteiger charge is 2.35. The Hall–Kier alpha value is -4.04. The molecule has 1 aromatic heterocycles. The number of ether oxygens (including phenoxy) is 2. The zero-order valence-electron chi connectivity index (χ0n) is 17.6. The molecule has 0 aliphatic carbocycles. The minimum Gasteiger partial charge on any atom is -0.507 e. The van der Waals surface area contributed by atoms with Gasteiger partial charge in [-0.05, 0) is 29.8 Å². The van der Waals surface area contributed by atoms with Gasteiger partial charge < -0.3 is 24.1 Å². The van der Waals surface area contributed by atoms with Crippen LogP contribution < -0.4 is 14.9 Å². The summed E-state index contributed by atoms with van der Waals surface area (Å²) < 4.78 is 31.3. The Morgan fingerprint density at radius 2 is 1.88 bits per heavy atom. The van der Waals surface area contributed by atoms with Gasteiger partial charge in [-0.1, -0.05) is 23.7 Å². The van der Waals surface area contributed by atoms with Crippen LogP contribution >= 0.6 is 11.6 Å². The predicted octanol–water partition coefficient (Wildman–Crippen LogP) is 5.11. The first-order chi connectivity index (χ1) is 16.3. The minimum absolute atomic E-state index is 0.0523. The second kappa shape index (κ2) is 8.07. The third-order valence-corrected chi connectivity index (χ3v) is 6.04.